The second-order valence-electron chi connectivity index (χ2n) is 6.48. The fourth-order valence-electron chi connectivity index (χ4n) is 3.21. The number of hydrogen-bond acceptors (Lipinski definition) is 2. The van der Waals surface area contributed by atoms with Crippen molar-refractivity contribution in [2.45, 2.75) is 32.1 Å². The van der Waals surface area contributed by atoms with Crippen molar-refractivity contribution in [3.8, 4) is 0 Å². The van der Waals surface area contributed by atoms with E-state index in [1.165, 1.54) is 6.42 Å². The number of carbonyl (C=O) groups is 1. The zero-order valence-electron chi connectivity index (χ0n) is 14.0. The lowest BCUT2D eigenvalue weighted by atomic mass is 9.91. The van der Waals surface area contributed by atoms with Crippen LogP contribution in [-0.2, 0) is 4.79 Å². The van der Waals surface area contributed by atoms with E-state index in [-0.39, 0.29) is 11.8 Å². The van der Waals surface area contributed by atoms with E-state index in [4.69, 9.17) is 0 Å². The van der Waals surface area contributed by atoms with Gasteiger partial charge < -0.3 is 5.43 Å². The maximum Gasteiger partial charge on any atom is 0.250 e. The van der Waals surface area contributed by atoms with Crippen LogP contribution >= 0.6 is 0 Å². The Bertz CT molecular complexity index is 655. The van der Waals surface area contributed by atoms with Crippen LogP contribution in [0.25, 0.3) is 0 Å². The van der Waals surface area contributed by atoms with Gasteiger partial charge in [0.15, 0.2) is 0 Å². The fourth-order valence-corrected chi connectivity index (χ4v) is 3.21. The van der Waals surface area contributed by atoms with Crippen molar-refractivity contribution in [3.63, 3.8) is 0 Å². The summed E-state index contributed by atoms with van der Waals surface area (Å²) in [5, 5.41) is 0. The molecule has 3 nitrogen and oxygen atoms in total. The first kappa shape index (κ1) is 16.3. The average Bonchev–Trinajstić information content (AvgIpc) is 2.62. The van der Waals surface area contributed by atoms with Gasteiger partial charge in [0.25, 0.3) is 0 Å². The summed E-state index contributed by atoms with van der Waals surface area (Å²) in [4.78, 5) is 12.9. The maximum atomic E-state index is 12.9. The van der Waals surface area contributed by atoms with Crippen molar-refractivity contribution in [3.05, 3.63) is 83.6 Å². The summed E-state index contributed by atoms with van der Waals surface area (Å²) in [5.74, 6) is 0.307. The van der Waals surface area contributed by atoms with E-state index in [0.717, 1.165) is 29.7 Å². The molecule has 2 aromatic rings. The van der Waals surface area contributed by atoms with Gasteiger partial charge in [-0.05, 0) is 36.3 Å². The quantitative estimate of drug-likeness (QED) is 0.813. The van der Waals surface area contributed by atoms with Gasteiger partial charge in [0, 0.05) is 5.70 Å². The molecule has 124 valence electrons. The molecule has 2 aromatic carbocycles. The molecule has 0 aromatic heterocycles. The van der Waals surface area contributed by atoms with E-state index in [2.05, 4.69) is 23.9 Å². The number of carbonyl (C=O) groups excluding carboxylic acids is 1. The molecule has 1 unspecified atom stereocenters. The smallest absolute Gasteiger partial charge is 0.250 e. The standard InChI is InChI=1S/C21H24N2O/c1-16-9-8-14-19(15-16)22-23-21(24)20(17-10-4-2-5-11-17)18-12-6-3-7-13-18/h2-7,10-14,16,20,22H,8-9,15H2,1H3,(H,23,24). The van der Waals surface area contributed by atoms with Crippen molar-refractivity contribution < 1.29 is 4.79 Å². The second-order valence-corrected chi connectivity index (χ2v) is 6.48. The normalized spacial score (nSPS) is 17.2. The number of benzene rings is 2. The molecule has 2 N–H and O–H groups in total. The first-order chi connectivity index (χ1) is 11.7. The Balaban J connectivity index is 1.76. The third-order valence-corrected chi connectivity index (χ3v) is 4.49. The molecule has 1 amide bonds. The van der Waals surface area contributed by atoms with E-state index >= 15 is 0 Å². The first-order valence-electron chi connectivity index (χ1n) is 8.59. The number of rotatable bonds is 5. The molecule has 1 aliphatic rings. The van der Waals surface area contributed by atoms with Gasteiger partial charge >= 0.3 is 0 Å². The van der Waals surface area contributed by atoms with Gasteiger partial charge in [0.2, 0.25) is 5.91 Å². The number of hydrogen-bond donors (Lipinski definition) is 2. The predicted molar refractivity (Wildman–Crippen MR) is 97.1 cm³/mol. The highest BCUT2D eigenvalue weighted by atomic mass is 16.2. The molecule has 0 radical (unpaired) electrons. The molecule has 24 heavy (non-hydrogen) atoms. The van der Waals surface area contributed by atoms with Gasteiger partial charge in [0.05, 0.1) is 5.92 Å². The first-order valence-corrected chi connectivity index (χ1v) is 8.59. The minimum absolute atomic E-state index is 0.0356. The monoisotopic (exact) mass is 320 g/mol. The zero-order chi connectivity index (χ0) is 16.8. The molecular weight excluding hydrogens is 296 g/mol. The van der Waals surface area contributed by atoms with Gasteiger partial charge in [-0.1, -0.05) is 73.7 Å². The van der Waals surface area contributed by atoms with E-state index < -0.39 is 0 Å². The van der Waals surface area contributed by atoms with Gasteiger partial charge in [-0.25, -0.2) is 0 Å². The predicted octanol–water partition coefficient (Wildman–Crippen LogP) is 4.14. The number of allylic oxidation sites excluding steroid dienone is 2. The summed E-state index contributed by atoms with van der Waals surface area (Å²) in [5.41, 5.74) is 9.15. The van der Waals surface area contributed by atoms with Crippen LogP contribution in [0.4, 0.5) is 0 Å². The fraction of sp³-hybridized carbons (Fsp3) is 0.286. The topological polar surface area (TPSA) is 41.1 Å². The lowest BCUT2D eigenvalue weighted by Gasteiger charge is -2.23. The van der Waals surface area contributed by atoms with Crippen molar-refractivity contribution in [1.82, 2.24) is 10.9 Å². The highest BCUT2D eigenvalue weighted by molar-refractivity contribution is 5.86. The molecule has 0 fully saturated rings. The lowest BCUT2D eigenvalue weighted by Crippen LogP contribution is -2.40. The van der Waals surface area contributed by atoms with Crippen LogP contribution < -0.4 is 10.9 Å². The largest absolute Gasteiger partial charge is 0.303 e. The molecular formula is C21H24N2O. The van der Waals surface area contributed by atoms with Crippen LogP contribution in [0.5, 0.6) is 0 Å². The van der Waals surface area contributed by atoms with E-state index in [0.29, 0.717) is 5.92 Å². The Morgan fingerprint density at radius 3 is 2.12 bits per heavy atom. The second kappa shape index (κ2) is 7.82. The summed E-state index contributed by atoms with van der Waals surface area (Å²) in [6.07, 6.45) is 5.46. The van der Waals surface area contributed by atoms with E-state index in [1.807, 2.05) is 60.7 Å². The highest BCUT2D eigenvalue weighted by Crippen LogP contribution is 2.25. The zero-order valence-corrected chi connectivity index (χ0v) is 14.0. The highest BCUT2D eigenvalue weighted by Gasteiger charge is 2.22. The molecule has 0 heterocycles. The number of hydrazine groups is 1. The molecule has 3 heteroatoms. The lowest BCUT2D eigenvalue weighted by molar-refractivity contribution is -0.122. The Morgan fingerprint density at radius 1 is 1.00 bits per heavy atom. The minimum Gasteiger partial charge on any atom is -0.303 e. The van der Waals surface area contributed by atoms with Crippen molar-refractivity contribution in [2.24, 2.45) is 5.92 Å². The molecule has 3 rings (SSSR count). The van der Waals surface area contributed by atoms with E-state index in [9.17, 15) is 4.79 Å². The Morgan fingerprint density at radius 2 is 1.58 bits per heavy atom. The molecule has 1 aliphatic carbocycles. The van der Waals surface area contributed by atoms with Gasteiger partial charge in [-0.3, -0.25) is 10.2 Å². The van der Waals surface area contributed by atoms with Crippen LogP contribution in [0.2, 0.25) is 0 Å². The van der Waals surface area contributed by atoms with Crippen LogP contribution in [0.15, 0.2) is 72.4 Å². The van der Waals surface area contributed by atoms with Crippen LogP contribution in [-0.4, -0.2) is 5.91 Å². The molecule has 0 bridgehead atoms. The molecule has 0 spiro atoms. The van der Waals surface area contributed by atoms with Crippen LogP contribution in [0, 0.1) is 5.92 Å². The van der Waals surface area contributed by atoms with Crippen molar-refractivity contribution in [1.29, 1.82) is 0 Å². The third-order valence-electron chi connectivity index (χ3n) is 4.49. The van der Waals surface area contributed by atoms with Crippen LogP contribution in [0.1, 0.15) is 43.2 Å². The van der Waals surface area contributed by atoms with Gasteiger partial charge in [-0.15, -0.1) is 0 Å². The molecule has 1 atom stereocenters. The molecule has 0 saturated carbocycles. The SMILES string of the molecule is CC1CCC=C(NNC(=O)C(c2ccccc2)c2ccccc2)C1. The molecule has 0 aliphatic heterocycles. The van der Waals surface area contributed by atoms with E-state index in [1.54, 1.807) is 0 Å². The van der Waals surface area contributed by atoms with Gasteiger partial charge in [-0.2, -0.15) is 0 Å². The summed E-state index contributed by atoms with van der Waals surface area (Å²) < 4.78 is 0. The number of nitrogens with one attached hydrogen (secondary N) is 2. The van der Waals surface area contributed by atoms with Crippen molar-refractivity contribution >= 4 is 5.91 Å². The van der Waals surface area contributed by atoms with Gasteiger partial charge in [0.1, 0.15) is 0 Å². The van der Waals surface area contributed by atoms with Crippen molar-refractivity contribution in [2.75, 3.05) is 0 Å². The summed E-state index contributed by atoms with van der Waals surface area (Å²) in [6, 6.07) is 19.8. The molecule has 0 saturated heterocycles. The summed E-state index contributed by atoms with van der Waals surface area (Å²) in [7, 11) is 0. The average molecular weight is 320 g/mol. The maximum absolute atomic E-state index is 12.9. The Labute approximate surface area is 143 Å². The summed E-state index contributed by atoms with van der Waals surface area (Å²) >= 11 is 0. The third kappa shape index (κ3) is 4.05. The van der Waals surface area contributed by atoms with Crippen LogP contribution in [0.3, 0.4) is 0 Å². The number of amides is 1. The summed E-state index contributed by atoms with van der Waals surface area (Å²) in [6.45, 7) is 2.24. The Hall–Kier alpha value is -2.55. The minimum atomic E-state index is -0.318. The Kier molecular flexibility index (Phi) is 5.32.